The number of hydrogen-bond acceptors (Lipinski definition) is 3. The topological polar surface area (TPSA) is 55.8 Å². The molecule has 0 aliphatic heterocycles. The van der Waals surface area contributed by atoms with Gasteiger partial charge in [0.25, 0.3) is 0 Å². The van der Waals surface area contributed by atoms with E-state index < -0.39 is 5.97 Å². The first kappa shape index (κ1) is 21.4. The van der Waals surface area contributed by atoms with E-state index in [1.807, 2.05) is 0 Å². The fraction of sp³-hybridized carbons (Fsp3) is 0.944. The van der Waals surface area contributed by atoms with Gasteiger partial charge in [0.1, 0.15) is 0 Å². The number of hydrogen-bond donors (Lipinski definition) is 1. The van der Waals surface area contributed by atoms with E-state index in [0.29, 0.717) is 26.1 Å². The first-order chi connectivity index (χ1) is 10.7. The van der Waals surface area contributed by atoms with E-state index in [-0.39, 0.29) is 5.92 Å². The van der Waals surface area contributed by atoms with Crippen LogP contribution in [0.4, 0.5) is 0 Å². The highest BCUT2D eigenvalue weighted by atomic mass is 16.5. The lowest BCUT2D eigenvalue weighted by molar-refractivity contribution is -0.143. The van der Waals surface area contributed by atoms with Crippen LogP contribution < -0.4 is 0 Å². The van der Waals surface area contributed by atoms with E-state index in [1.165, 1.54) is 38.5 Å². The Balaban J connectivity index is 3.51. The zero-order valence-electron chi connectivity index (χ0n) is 14.6. The van der Waals surface area contributed by atoms with Crippen molar-refractivity contribution in [1.82, 2.24) is 0 Å². The molecule has 0 aromatic carbocycles. The van der Waals surface area contributed by atoms with Gasteiger partial charge in [-0.3, -0.25) is 4.79 Å². The summed E-state index contributed by atoms with van der Waals surface area (Å²) in [5.41, 5.74) is 0. The van der Waals surface area contributed by atoms with Gasteiger partial charge in [0.05, 0.1) is 5.92 Å². The Morgan fingerprint density at radius 1 is 0.773 bits per heavy atom. The number of unbranched alkanes of at least 4 members (excludes halogenated alkanes) is 6. The van der Waals surface area contributed by atoms with Crippen LogP contribution in [0.5, 0.6) is 0 Å². The summed E-state index contributed by atoms with van der Waals surface area (Å²) in [5.74, 6) is -1.07. The molecule has 0 heterocycles. The second-order valence-electron chi connectivity index (χ2n) is 5.96. The average molecular weight is 316 g/mol. The second-order valence-corrected chi connectivity index (χ2v) is 5.96. The summed E-state index contributed by atoms with van der Waals surface area (Å²) in [6, 6.07) is 0. The highest BCUT2D eigenvalue weighted by molar-refractivity contribution is 5.69. The van der Waals surface area contributed by atoms with Gasteiger partial charge in [-0.05, 0) is 25.7 Å². The van der Waals surface area contributed by atoms with Crippen LogP contribution in [-0.4, -0.2) is 37.5 Å². The van der Waals surface area contributed by atoms with Gasteiger partial charge in [0.15, 0.2) is 0 Å². The van der Waals surface area contributed by atoms with Gasteiger partial charge in [-0.2, -0.15) is 0 Å². The molecule has 132 valence electrons. The van der Waals surface area contributed by atoms with E-state index in [1.54, 1.807) is 0 Å². The number of carbonyl (C=O) groups is 1. The van der Waals surface area contributed by atoms with Gasteiger partial charge in [-0.1, -0.05) is 52.4 Å². The molecule has 0 saturated carbocycles. The van der Waals surface area contributed by atoms with Crippen LogP contribution in [0.1, 0.15) is 78.1 Å². The van der Waals surface area contributed by atoms with Crippen molar-refractivity contribution in [1.29, 1.82) is 0 Å². The summed E-state index contributed by atoms with van der Waals surface area (Å²) in [4.78, 5) is 11.2. The molecule has 0 fully saturated rings. The number of carboxylic acid groups (broad SMARTS) is 1. The standard InChI is InChI=1S/C18H36O4/c1-3-5-7-9-13-21-15-11-17(18(19)20)12-16-22-14-10-8-6-4-2/h17H,3-16H2,1-2H3,(H,19,20). The smallest absolute Gasteiger partial charge is 0.306 e. The third-order valence-electron chi connectivity index (χ3n) is 3.85. The molecule has 0 saturated heterocycles. The third kappa shape index (κ3) is 14.3. The Hall–Kier alpha value is -0.610. The molecule has 1 N–H and O–H groups in total. The molecule has 0 bridgehead atoms. The van der Waals surface area contributed by atoms with E-state index in [2.05, 4.69) is 13.8 Å². The van der Waals surface area contributed by atoms with Crippen molar-refractivity contribution in [3.8, 4) is 0 Å². The summed E-state index contributed by atoms with van der Waals surface area (Å²) in [6.07, 6.45) is 10.7. The molecule has 0 rings (SSSR count). The molecule has 0 aromatic heterocycles. The maximum atomic E-state index is 11.2. The van der Waals surface area contributed by atoms with E-state index in [4.69, 9.17) is 9.47 Å². The lowest BCUT2D eigenvalue weighted by Gasteiger charge is -2.13. The van der Waals surface area contributed by atoms with E-state index in [0.717, 1.165) is 26.1 Å². The Morgan fingerprint density at radius 3 is 1.59 bits per heavy atom. The van der Waals surface area contributed by atoms with Gasteiger partial charge in [0, 0.05) is 26.4 Å². The van der Waals surface area contributed by atoms with Crippen molar-refractivity contribution in [2.75, 3.05) is 26.4 Å². The van der Waals surface area contributed by atoms with Crippen molar-refractivity contribution in [2.45, 2.75) is 78.1 Å². The monoisotopic (exact) mass is 316 g/mol. The molecule has 0 aromatic rings. The number of carboxylic acids is 1. The first-order valence-electron chi connectivity index (χ1n) is 9.10. The van der Waals surface area contributed by atoms with Crippen molar-refractivity contribution in [2.24, 2.45) is 5.92 Å². The summed E-state index contributed by atoms with van der Waals surface area (Å²) in [5, 5.41) is 9.21. The van der Waals surface area contributed by atoms with Crippen molar-refractivity contribution in [3.05, 3.63) is 0 Å². The second kappa shape index (κ2) is 16.8. The Morgan fingerprint density at radius 2 is 1.23 bits per heavy atom. The molecule has 0 atom stereocenters. The molecule has 4 nitrogen and oxygen atoms in total. The molecule has 0 aliphatic rings. The van der Waals surface area contributed by atoms with Crippen LogP contribution in [0.3, 0.4) is 0 Å². The van der Waals surface area contributed by atoms with Gasteiger partial charge in [-0.15, -0.1) is 0 Å². The molecule has 0 unspecified atom stereocenters. The van der Waals surface area contributed by atoms with Gasteiger partial charge in [-0.25, -0.2) is 0 Å². The molecular formula is C18H36O4. The summed E-state index contributed by atoms with van der Waals surface area (Å²) in [6.45, 7) is 6.95. The average Bonchev–Trinajstić information content (AvgIpc) is 2.50. The minimum Gasteiger partial charge on any atom is -0.481 e. The number of aliphatic carboxylic acids is 1. The van der Waals surface area contributed by atoms with Crippen molar-refractivity contribution in [3.63, 3.8) is 0 Å². The van der Waals surface area contributed by atoms with Crippen LogP contribution in [0.25, 0.3) is 0 Å². The van der Waals surface area contributed by atoms with Gasteiger partial charge < -0.3 is 14.6 Å². The molecule has 0 spiro atoms. The van der Waals surface area contributed by atoms with Crippen LogP contribution in [0.2, 0.25) is 0 Å². The molecule has 0 amide bonds. The van der Waals surface area contributed by atoms with Crippen LogP contribution >= 0.6 is 0 Å². The Bertz CT molecular complexity index is 225. The molecule has 0 aliphatic carbocycles. The molecule has 4 heteroatoms. The van der Waals surface area contributed by atoms with Gasteiger partial charge in [0.2, 0.25) is 0 Å². The Labute approximate surface area is 136 Å². The minimum absolute atomic E-state index is 0.341. The Kier molecular flexibility index (Phi) is 16.3. The highest BCUT2D eigenvalue weighted by Gasteiger charge is 2.16. The molecular weight excluding hydrogens is 280 g/mol. The molecule has 22 heavy (non-hydrogen) atoms. The normalized spacial score (nSPS) is 11.2. The summed E-state index contributed by atoms with van der Waals surface area (Å²) >= 11 is 0. The van der Waals surface area contributed by atoms with Crippen LogP contribution in [0, 0.1) is 5.92 Å². The van der Waals surface area contributed by atoms with Crippen LogP contribution in [0.15, 0.2) is 0 Å². The summed E-state index contributed by atoms with van der Waals surface area (Å²) < 4.78 is 11.1. The molecule has 0 radical (unpaired) electrons. The zero-order chi connectivity index (χ0) is 16.5. The van der Waals surface area contributed by atoms with Crippen LogP contribution in [-0.2, 0) is 14.3 Å². The third-order valence-corrected chi connectivity index (χ3v) is 3.85. The highest BCUT2D eigenvalue weighted by Crippen LogP contribution is 2.10. The maximum absolute atomic E-state index is 11.2. The number of rotatable bonds is 17. The lowest BCUT2D eigenvalue weighted by Crippen LogP contribution is -2.18. The predicted molar refractivity (Wildman–Crippen MR) is 90.3 cm³/mol. The predicted octanol–water partition coefficient (Wildman–Crippen LogP) is 4.66. The van der Waals surface area contributed by atoms with Crippen molar-refractivity contribution >= 4 is 5.97 Å². The first-order valence-corrected chi connectivity index (χ1v) is 9.10. The summed E-state index contributed by atoms with van der Waals surface area (Å²) in [7, 11) is 0. The fourth-order valence-electron chi connectivity index (χ4n) is 2.31. The lowest BCUT2D eigenvalue weighted by atomic mass is 10.0. The number of ether oxygens (including phenoxy) is 2. The van der Waals surface area contributed by atoms with E-state index in [9.17, 15) is 9.90 Å². The van der Waals surface area contributed by atoms with Gasteiger partial charge >= 0.3 is 5.97 Å². The fourth-order valence-corrected chi connectivity index (χ4v) is 2.31. The SMILES string of the molecule is CCCCCCOCCC(CCOCCCCCC)C(=O)O. The zero-order valence-corrected chi connectivity index (χ0v) is 14.6. The largest absolute Gasteiger partial charge is 0.481 e. The minimum atomic E-state index is -0.732. The van der Waals surface area contributed by atoms with E-state index >= 15 is 0 Å². The van der Waals surface area contributed by atoms with Crippen molar-refractivity contribution < 1.29 is 19.4 Å². The maximum Gasteiger partial charge on any atom is 0.306 e. The quantitative estimate of drug-likeness (QED) is 0.396.